The van der Waals surface area contributed by atoms with E-state index in [1.165, 1.54) is 0 Å². The van der Waals surface area contributed by atoms with Crippen molar-refractivity contribution in [3.05, 3.63) is 46.2 Å². The normalized spacial score (nSPS) is 12.7. The predicted octanol–water partition coefficient (Wildman–Crippen LogP) is 2.98. The van der Waals surface area contributed by atoms with E-state index in [-0.39, 0.29) is 17.7 Å². The van der Waals surface area contributed by atoms with Crippen molar-refractivity contribution in [2.45, 2.75) is 13.0 Å². The van der Waals surface area contributed by atoms with Crippen molar-refractivity contribution in [2.75, 3.05) is 20.6 Å². The molecule has 5 nitrogen and oxygen atoms in total. The van der Waals surface area contributed by atoms with Crippen molar-refractivity contribution in [1.29, 1.82) is 0 Å². The molecule has 2 heterocycles. The number of furan rings is 2. The van der Waals surface area contributed by atoms with Gasteiger partial charge in [-0.1, -0.05) is 0 Å². The summed E-state index contributed by atoms with van der Waals surface area (Å²) in [4.78, 5) is 13.9. The summed E-state index contributed by atoms with van der Waals surface area (Å²) in [5, 5.41) is 2.85. The van der Waals surface area contributed by atoms with Crippen LogP contribution in [-0.4, -0.2) is 31.4 Å². The van der Waals surface area contributed by atoms with Crippen molar-refractivity contribution in [3.63, 3.8) is 0 Å². The monoisotopic (exact) mass is 340 g/mol. The number of likely N-dealkylation sites (N-methyl/N-ethyl adjacent to an activating group) is 1. The van der Waals surface area contributed by atoms with E-state index in [1.807, 2.05) is 38.1 Å². The van der Waals surface area contributed by atoms with Gasteiger partial charge in [0.2, 0.25) is 0 Å². The van der Waals surface area contributed by atoms with Gasteiger partial charge in [0.05, 0.1) is 6.04 Å². The van der Waals surface area contributed by atoms with Crippen molar-refractivity contribution in [1.82, 2.24) is 10.2 Å². The van der Waals surface area contributed by atoms with Gasteiger partial charge in [-0.25, -0.2) is 0 Å². The number of nitrogens with one attached hydrogen (secondary N) is 1. The van der Waals surface area contributed by atoms with Gasteiger partial charge in [0.15, 0.2) is 10.4 Å². The van der Waals surface area contributed by atoms with Gasteiger partial charge in [0, 0.05) is 6.54 Å². The van der Waals surface area contributed by atoms with Gasteiger partial charge in [0.1, 0.15) is 11.5 Å². The lowest BCUT2D eigenvalue weighted by atomic mass is 10.2. The van der Waals surface area contributed by atoms with Crippen molar-refractivity contribution in [2.24, 2.45) is 0 Å². The fourth-order valence-corrected chi connectivity index (χ4v) is 2.19. The molecule has 2 aromatic rings. The zero-order valence-corrected chi connectivity index (χ0v) is 13.2. The molecule has 0 saturated heterocycles. The fourth-order valence-electron chi connectivity index (χ4n) is 1.88. The number of carbonyl (C=O) groups is 1. The average molecular weight is 341 g/mol. The predicted molar refractivity (Wildman–Crippen MR) is 78.6 cm³/mol. The van der Waals surface area contributed by atoms with Crippen molar-refractivity contribution in [3.8, 4) is 0 Å². The largest absolute Gasteiger partial charge is 0.465 e. The lowest BCUT2D eigenvalue weighted by Gasteiger charge is -2.22. The first-order valence-electron chi connectivity index (χ1n) is 6.23. The molecule has 6 heteroatoms. The van der Waals surface area contributed by atoms with E-state index < -0.39 is 0 Å². The first-order chi connectivity index (χ1) is 9.47. The average Bonchev–Trinajstić information content (AvgIpc) is 2.98. The van der Waals surface area contributed by atoms with Crippen molar-refractivity contribution < 1.29 is 13.6 Å². The van der Waals surface area contributed by atoms with Gasteiger partial charge in [0.25, 0.3) is 5.91 Å². The quantitative estimate of drug-likeness (QED) is 0.908. The third-order valence-electron chi connectivity index (χ3n) is 2.97. The molecule has 2 rings (SSSR count). The molecular weight excluding hydrogens is 324 g/mol. The maximum absolute atomic E-state index is 11.9. The highest BCUT2D eigenvalue weighted by Gasteiger charge is 2.19. The lowest BCUT2D eigenvalue weighted by Crippen LogP contribution is -2.34. The summed E-state index contributed by atoms with van der Waals surface area (Å²) in [5.41, 5.74) is 0. The van der Waals surface area contributed by atoms with Crippen LogP contribution < -0.4 is 5.32 Å². The molecule has 1 N–H and O–H groups in total. The van der Waals surface area contributed by atoms with Crippen LogP contribution in [0.3, 0.4) is 0 Å². The first kappa shape index (κ1) is 14.9. The Labute approximate surface area is 126 Å². The third kappa shape index (κ3) is 3.52. The fraction of sp³-hybridized carbons (Fsp3) is 0.357. The summed E-state index contributed by atoms with van der Waals surface area (Å²) >= 11 is 3.17. The summed E-state index contributed by atoms with van der Waals surface area (Å²) in [6.45, 7) is 2.34. The zero-order chi connectivity index (χ0) is 14.7. The van der Waals surface area contributed by atoms with E-state index in [0.717, 1.165) is 11.5 Å². The molecule has 1 atom stereocenters. The smallest absolute Gasteiger partial charge is 0.287 e. The lowest BCUT2D eigenvalue weighted by molar-refractivity contribution is 0.0910. The number of hydrogen-bond acceptors (Lipinski definition) is 4. The molecule has 0 bridgehead atoms. The van der Waals surface area contributed by atoms with Crippen LogP contribution in [-0.2, 0) is 0 Å². The van der Waals surface area contributed by atoms with Crippen LogP contribution in [0.1, 0.15) is 28.1 Å². The van der Waals surface area contributed by atoms with Crippen LogP contribution in [0.25, 0.3) is 0 Å². The van der Waals surface area contributed by atoms with E-state index in [2.05, 4.69) is 21.2 Å². The van der Waals surface area contributed by atoms with Crippen LogP contribution in [0, 0.1) is 6.92 Å². The van der Waals surface area contributed by atoms with Gasteiger partial charge in [-0.2, -0.15) is 0 Å². The number of nitrogens with zero attached hydrogens (tertiary/aromatic N) is 1. The van der Waals surface area contributed by atoms with Gasteiger partial charge >= 0.3 is 0 Å². The van der Waals surface area contributed by atoms with Crippen LogP contribution in [0.5, 0.6) is 0 Å². The maximum Gasteiger partial charge on any atom is 0.287 e. The van der Waals surface area contributed by atoms with Crippen LogP contribution >= 0.6 is 15.9 Å². The Hall–Kier alpha value is -1.53. The molecule has 2 aromatic heterocycles. The van der Waals surface area contributed by atoms with Crippen LogP contribution in [0.15, 0.2) is 37.8 Å². The molecule has 0 aliphatic heterocycles. The molecule has 0 aromatic carbocycles. The van der Waals surface area contributed by atoms with E-state index in [1.54, 1.807) is 12.1 Å². The Morgan fingerprint density at radius 3 is 2.55 bits per heavy atom. The molecule has 0 unspecified atom stereocenters. The number of aryl methyl sites for hydroxylation is 1. The second-order valence-corrected chi connectivity index (χ2v) is 5.52. The zero-order valence-electron chi connectivity index (χ0n) is 11.6. The first-order valence-corrected chi connectivity index (χ1v) is 7.03. The molecule has 0 radical (unpaired) electrons. The highest BCUT2D eigenvalue weighted by Crippen LogP contribution is 2.20. The molecule has 20 heavy (non-hydrogen) atoms. The van der Waals surface area contributed by atoms with Gasteiger partial charge in [-0.05, 0) is 61.2 Å². The molecule has 1 amide bonds. The number of carbonyl (C=O) groups excluding carboxylic acids is 1. The van der Waals surface area contributed by atoms with Gasteiger partial charge in [-0.15, -0.1) is 0 Å². The molecule has 0 fully saturated rings. The second kappa shape index (κ2) is 6.28. The minimum Gasteiger partial charge on any atom is -0.465 e. The minimum absolute atomic E-state index is 0.0222. The Kier molecular flexibility index (Phi) is 4.67. The Bertz CT molecular complexity index is 589. The SMILES string of the molecule is Cc1ccc([C@@H](CNC(=O)c2ccc(Br)o2)N(C)C)o1. The molecule has 0 spiro atoms. The summed E-state index contributed by atoms with van der Waals surface area (Å²) in [5.74, 6) is 1.72. The van der Waals surface area contributed by atoms with Crippen LogP contribution in [0.4, 0.5) is 0 Å². The maximum atomic E-state index is 11.9. The summed E-state index contributed by atoms with van der Waals surface area (Å²) in [6, 6.07) is 7.13. The van der Waals surface area contributed by atoms with E-state index in [0.29, 0.717) is 11.2 Å². The Morgan fingerprint density at radius 1 is 1.30 bits per heavy atom. The Morgan fingerprint density at radius 2 is 2.05 bits per heavy atom. The number of halogens is 1. The highest BCUT2D eigenvalue weighted by molar-refractivity contribution is 9.10. The highest BCUT2D eigenvalue weighted by atomic mass is 79.9. The van der Waals surface area contributed by atoms with Crippen LogP contribution in [0.2, 0.25) is 0 Å². The van der Waals surface area contributed by atoms with E-state index in [4.69, 9.17) is 8.83 Å². The molecule has 0 saturated carbocycles. The molecule has 0 aliphatic carbocycles. The number of amides is 1. The summed E-state index contributed by atoms with van der Waals surface area (Å²) < 4.78 is 11.4. The summed E-state index contributed by atoms with van der Waals surface area (Å²) in [7, 11) is 3.89. The van der Waals surface area contributed by atoms with Gasteiger partial charge < -0.3 is 14.2 Å². The standard InChI is InChI=1S/C14H17BrN2O3/c1-9-4-5-11(19-9)10(17(2)3)8-16-14(18)12-6-7-13(15)20-12/h4-7,10H,8H2,1-3H3,(H,16,18)/t10-/m1/s1. The third-order valence-corrected chi connectivity index (χ3v) is 3.39. The molecule has 0 aliphatic rings. The van der Waals surface area contributed by atoms with E-state index >= 15 is 0 Å². The Balaban J connectivity index is 2.01. The van der Waals surface area contributed by atoms with Crippen molar-refractivity contribution >= 4 is 21.8 Å². The topological polar surface area (TPSA) is 58.6 Å². The molecular formula is C14H17BrN2O3. The molecule has 108 valence electrons. The second-order valence-electron chi connectivity index (χ2n) is 4.74. The van der Waals surface area contributed by atoms with E-state index in [9.17, 15) is 4.79 Å². The number of hydrogen-bond donors (Lipinski definition) is 1. The number of rotatable bonds is 5. The minimum atomic E-state index is -0.245. The summed E-state index contributed by atoms with van der Waals surface area (Å²) in [6.07, 6.45) is 0. The van der Waals surface area contributed by atoms with Gasteiger partial charge in [-0.3, -0.25) is 9.69 Å².